The summed E-state index contributed by atoms with van der Waals surface area (Å²) in [5.74, 6) is 0.289. The van der Waals surface area contributed by atoms with E-state index >= 15 is 0 Å². The number of benzene rings is 1. The zero-order valence-corrected chi connectivity index (χ0v) is 13.9. The lowest BCUT2D eigenvalue weighted by atomic mass is 9.96. The van der Waals surface area contributed by atoms with Crippen molar-refractivity contribution in [1.29, 1.82) is 0 Å². The van der Waals surface area contributed by atoms with Gasteiger partial charge in [-0.1, -0.05) is 37.3 Å². The summed E-state index contributed by atoms with van der Waals surface area (Å²) < 4.78 is 8.27. The highest BCUT2D eigenvalue weighted by Gasteiger charge is 2.17. The van der Waals surface area contributed by atoms with Crippen LogP contribution < -0.4 is 10.4 Å². The Balaban J connectivity index is 2.06. The van der Waals surface area contributed by atoms with Crippen LogP contribution in [0.15, 0.2) is 34.6 Å². The molecule has 0 aliphatic carbocycles. The topological polar surface area (TPSA) is 74.8 Å². The maximum Gasteiger partial charge on any atom is 0.368 e. The largest absolute Gasteiger partial charge is 0.465 e. The molecule has 0 radical (unpaired) electrons. The third-order valence-corrected chi connectivity index (χ3v) is 4.19. The molecule has 1 aromatic carbocycles. The van der Waals surface area contributed by atoms with Gasteiger partial charge in [-0.05, 0) is 28.0 Å². The number of thiazole rings is 1. The van der Waals surface area contributed by atoms with Crippen molar-refractivity contribution in [2.45, 2.75) is 26.4 Å². The Morgan fingerprint density at radius 2 is 2.13 bits per heavy atom. The number of rotatable bonds is 5. The van der Waals surface area contributed by atoms with Crippen LogP contribution in [0, 0.1) is 0 Å². The van der Waals surface area contributed by atoms with Gasteiger partial charge in [0.25, 0.3) is 5.19 Å². The van der Waals surface area contributed by atoms with Crippen LogP contribution in [0.1, 0.15) is 30.9 Å². The van der Waals surface area contributed by atoms with Crippen LogP contribution in [-0.2, 0) is 13.7 Å². The molecule has 0 spiro atoms. The molecule has 0 saturated heterocycles. The van der Waals surface area contributed by atoms with Gasteiger partial charge in [0.15, 0.2) is 0 Å². The molecule has 0 aliphatic rings. The van der Waals surface area contributed by atoms with Gasteiger partial charge in [-0.15, -0.1) is 0 Å². The molecule has 0 atom stereocenters. The van der Waals surface area contributed by atoms with Crippen LogP contribution in [0.4, 0.5) is 0 Å². The van der Waals surface area contributed by atoms with Gasteiger partial charge < -0.3 is 4.74 Å². The molecule has 0 N–H and O–H groups in total. The van der Waals surface area contributed by atoms with Crippen molar-refractivity contribution in [3.63, 3.8) is 0 Å². The average Bonchev–Trinajstić information content (AvgIpc) is 3.16. The Hall–Kier alpha value is -2.48. The Bertz CT molecular complexity index is 851. The number of tetrazole rings is 1. The number of aromatic nitrogens is 5. The maximum absolute atomic E-state index is 12.2. The Morgan fingerprint density at radius 3 is 2.74 bits per heavy atom. The van der Waals surface area contributed by atoms with Crippen LogP contribution in [0.5, 0.6) is 5.19 Å². The fourth-order valence-electron chi connectivity index (χ4n) is 2.37. The Kier molecular flexibility index (Phi) is 4.24. The molecule has 2 aromatic heterocycles. The molecule has 0 fully saturated rings. The minimum atomic E-state index is -0.290. The molecule has 7 nitrogen and oxygen atoms in total. The zero-order chi connectivity index (χ0) is 16.4. The molecule has 0 bridgehead atoms. The fraction of sp³-hybridized carbons (Fsp3) is 0.333. The van der Waals surface area contributed by atoms with Crippen molar-refractivity contribution in [3.8, 4) is 10.9 Å². The summed E-state index contributed by atoms with van der Waals surface area (Å²) in [5, 5.41) is 10.2. The van der Waals surface area contributed by atoms with Crippen molar-refractivity contribution in [2.75, 3.05) is 0 Å². The van der Waals surface area contributed by atoms with E-state index in [-0.39, 0.29) is 11.6 Å². The van der Waals surface area contributed by atoms with Gasteiger partial charge in [0.1, 0.15) is 6.61 Å². The average molecular weight is 331 g/mol. The number of hydrogen-bond donors (Lipinski definition) is 0. The minimum absolute atomic E-state index is 0.289. The fourth-order valence-corrected chi connectivity index (χ4v) is 2.86. The van der Waals surface area contributed by atoms with E-state index in [1.807, 2.05) is 23.6 Å². The highest BCUT2D eigenvalue weighted by molar-refractivity contribution is 7.11. The molecular weight excluding hydrogens is 314 g/mol. The van der Waals surface area contributed by atoms with Crippen LogP contribution in [0.2, 0.25) is 0 Å². The number of hydrogen-bond acceptors (Lipinski definition) is 6. The molecule has 3 aromatic rings. The molecule has 0 amide bonds. The van der Waals surface area contributed by atoms with Crippen molar-refractivity contribution >= 4 is 11.3 Å². The van der Waals surface area contributed by atoms with E-state index in [9.17, 15) is 4.79 Å². The van der Waals surface area contributed by atoms with Gasteiger partial charge in [-0.3, -0.25) is 0 Å². The van der Waals surface area contributed by atoms with Gasteiger partial charge in [-0.25, -0.2) is 9.78 Å². The maximum atomic E-state index is 12.2. The summed E-state index contributed by atoms with van der Waals surface area (Å²) in [4.78, 5) is 16.3. The van der Waals surface area contributed by atoms with E-state index in [1.165, 1.54) is 20.7 Å². The minimum Gasteiger partial charge on any atom is -0.465 e. The van der Waals surface area contributed by atoms with E-state index in [1.54, 1.807) is 13.2 Å². The van der Waals surface area contributed by atoms with E-state index in [0.717, 1.165) is 11.1 Å². The lowest BCUT2D eigenvalue weighted by molar-refractivity contribution is 0.302. The molecule has 0 aliphatic heterocycles. The van der Waals surface area contributed by atoms with Crippen LogP contribution in [0.25, 0.3) is 5.69 Å². The normalized spacial score (nSPS) is 11.1. The molecule has 23 heavy (non-hydrogen) atoms. The second-order valence-corrected chi connectivity index (χ2v) is 6.24. The first-order valence-corrected chi connectivity index (χ1v) is 8.09. The van der Waals surface area contributed by atoms with Crippen molar-refractivity contribution in [1.82, 2.24) is 24.8 Å². The third kappa shape index (κ3) is 3.02. The molecular formula is C15H17N5O2S. The van der Waals surface area contributed by atoms with E-state index < -0.39 is 0 Å². The standard InChI is InChI=1S/C15H17N5O2S/c1-10(2)11-5-4-6-13(20-15(21)19(3)17-18-20)12(11)9-22-14-16-7-8-23-14/h4-8,10H,9H2,1-3H3. The lowest BCUT2D eigenvalue weighted by Crippen LogP contribution is -2.23. The van der Waals surface area contributed by atoms with Crippen molar-refractivity contribution in [2.24, 2.45) is 7.05 Å². The zero-order valence-electron chi connectivity index (χ0n) is 13.1. The number of aryl methyl sites for hydroxylation is 1. The summed E-state index contributed by atoms with van der Waals surface area (Å²) in [6, 6.07) is 5.80. The second kappa shape index (κ2) is 6.33. The van der Waals surface area contributed by atoms with Gasteiger partial charge in [0, 0.05) is 24.2 Å². The van der Waals surface area contributed by atoms with Gasteiger partial charge >= 0.3 is 5.69 Å². The van der Waals surface area contributed by atoms with Crippen LogP contribution in [0.3, 0.4) is 0 Å². The van der Waals surface area contributed by atoms with E-state index in [4.69, 9.17) is 4.74 Å². The van der Waals surface area contributed by atoms with Crippen LogP contribution in [-0.4, -0.2) is 24.8 Å². The molecule has 8 heteroatoms. The Morgan fingerprint density at radius 1 is 1.30 bits per heavy atom. The summed E-state index contributed by atoms with van der Waals surface area (Å²) in [7, 11) is 1.57. The summed E-state index contributed by atoms with van der Waals surface area (Å²) in [5.41, 5.74) is 2.42. The first kappa shape index (κ1) is 15.4. The molecule has 3 rings (SSSR count). The van der Waals surface area contributed by atoms with E-state index in [2.05, 4.69) is 29.3 Å². The predicted octanol–water partition coefficient (Wildman–Crippen LogP) is 2.12. The third-order valence-electron chi connectivity index (χ3n) is 3.51. The predicted molar refractivity (Wildman–Crippen MR) is 87.1 cm³/mol. The summed E-state index contributed by atoms with van der Waals surface area (Å²) in [6.45, 7) is 4.52. The lowest BCUT2D eigenvalue weighted by Gasteiger charge is -2.16. The van der Waals surface area contributed by atoms with Crippen LogP contribution >= 0.6 is 11.3 Å². The molecule has 120 valence electrons. The van der Waals surface area contributed by atoms with Gasteiger partial charge in [0.2, 0.25) is 0 Å². The highest BCUT2D eigenvalue weighted by atomic mass is 32.1. The number of ether oxygens (including phenoxy) is 1. The smallest absolute Gasteiger partial charge is 0.368 e. The van der Waals surface area contributed by atoms with Crippen molar-refractivity contribution in [3.05, 3.63) is 51.4 Å². The monoisotopic (exact) mass is 331 g/mol. The van der Waals surface area contributed by atoms with E-state index in [0.29, 0.717) is 17.5 Å². The quantitative estimate of drug-likeness (QED) is 0.716. The highest BCUT2D eigenvalue weighted by Crippen LogP contribution is 2.26. The Labute approximate surface area is 137 Å². The summed E-state index contributed by atoms with van der Waals surface area (Å²) >= 11 is 1.43. The first-order valence-electron chi connectivity index (χ1n) is 7.21. The molecule has 0 unspecified atom stereocenters. The SMILES string of the molecule is CC(C)c1cccc(-n2nnn(C)c2=O)c1COc1nccs1. The first-order chi connectivity index (χ1) is 11.1. The van der Waals surface area contributed by atoms with Crippen molar-refractivity contribution < 1.29 is 4.74 Å². The number of nitrogens with zero attached hydrogens (tertiary/aromatic N) is 5. The van der Waals surface area contributed by atoms with Gasteiger partial charge in [0.05, 0.1) is 5.69 Å². The molecule has 0 saturated carbocycles. The molecule has 2 heterocycles. The summed E-state index contributed by atoms with van der Waals surface area (Å²) in [6.07, 6.45) is 1.70. The second-order valence-electron chi connectivity index (χ2n) is 5.38. The van der Waals surface area contributed by atoms with Gasteiger partial charge in [-0.2, -0.15) is 9.36 Å².